The standard InChI is InChI=1S/C21H17F4N3O4/c22-14-4-6-15(7-5-14)28-19(30)9-8-18(27-28)20(31)26-11-16(29)12-32-17-3-1-2-13(10-17)21(23,24)25/h1-10,16,29H,11-12H2,(H,26,31). The fourth-order valence-electron chi connectivity index (χ4n) is 2.61. The molecule has 0 saturated carbocycles. The van der Waals surface area contributed by atoms with Crippen LogP contribution in [0, 0.1) is 5.82 Å². The van der Waals surface area contributed by atoms with Gasteiger partial charge in [0, 0.05) is 12.6 Å². The highest BCUT2D eigenvalue weighted by atomic mass is 19.4. The molecule has 32 heavy (non-hydrogen) atoms. The van der Waals surface area contributed by atoms with E-state index in [0.29, 0.717) is 0 Å². The van der Waals surface area contributed by atoms with Gasteiger partial charge in [0.15, 0.2) is 0 Å². The number of aromatic nitrogens is 2. The number of amides is 1. The van der Waals surface area contributed by atoms with Crippen molar-refractivity contribution in [2.45, 2.75) is 12.3 Å². The number of carbonyl (C=O) groups is 1. The summed E-state index contributed by atoms with van der Waals surface area (Å²) in [7, 11) is 0. The maximum Gasteiger partial charge on any atom is 0.416 e. The molecule has 1 atom stereocenters. The average molecular weight is 451 g/mol. The van der Waals surface area contributed by atoms with E-state index in [4.69, 9.17) is 4.74 Å². The molecule has 0 aliphatic rings. The molecule has 11 heteroatoms. The summed E-state index contributed by atoms with van der Waals surface area (Å²) in [5.74, 6) is -1.30. The zero-order valence-corrected chi connectivity index (χ0v) is 16.3. The third-order valence-electron chi connectivity index (χ3n) is 4.21. The molecule has 0 aliphatic carbocycles. The highest BCUT2D eigenvalue weighted by Gasteiger charge is 2.30. The Bertz CT molecular complexity index is 1150. The van der Waals surface area contributed by atoms with E-state index in [-0.39, 0.29) is 30.3 Å². The van der Waals surface area contributed by atoms with Gasteiger partial charge in [0.05, 0.1) is 11.3 Å². The van der Waals surface area contributed by atoms with Gasteiger partial charge >= 0.3 is 6.18 Å². The first-order valence-electron chi connectivity index (χ1n) is 9.26. The minimum absolute atomic E-state index is 0.0850. The molecule has 0 radical (unpaired) electrons. The van der Waals surface area contributed by atoms with E-state index in [1.54, 1.807) is 0 Å². The van der Waals surface area contributed by atoms with Gasteiger partial charge in [-0.05, 0) is 48.5 Å². The normalized spacial score (nSPS) is 12.3. The lowest BCUT2D eigenvalue weighted by molar-refractivity contribution is -0.137. The molecular formula is C21H17F4N3O4. The van der Waals surface area contributed by atoms with Gasteiger partial charge in [-0.25, -0.2) is 4.39 Å². The van der Waals surface area contributed by atoms with Crippen molar-refractivity contribution >= 4 is 5.91 Å². The number of halogens is 4. The smallest absolute Gasteiger partial charge is 0.416 e. The van der Waals surface area contributed by atoms with Gasteiger partial charge in [-0.3, -0.25) is 9.59 Å². The minimum atomic E-state index is -4.52. The Labute approximate surface area is 178 Å². The van der Waals surface area contributed by atoms with E-state index in [2.05, 4.69) is 10.4 Å². The van der Waals surface area contributed by atoms with E-state index in [0.717, 1.165) is 35.0 Å². The Morgan fingerprint density at radius 1 is 1.12 bits per heavy atom. The lowest BCUT2D eigenvalue weighted by Gasteiger charge is -2.14. The Balaban J connectivity index is 1.58. The van der Waals surface area contributed by atoms with Crippen molar-refractivity contribution in [1.29, 1.82) is 0 Å². The number of nitrogens with zero attached hydrogens (tertiary/aromatic N) is 2. The fraction of sp³-hybridized carbons (Fsp3) is 0.190. The van der Waals surface area contributed by atoms with Crippen molar-refractivity contribution in [3.8, 4) is 11.4 Å². The number of carbonyl (C=O) groups excluding carboxylic acids is 1. The lowest BCUT2D eigenvalue weighted by atomic mass is 10.2. The lowest BCUT2D eigenvalue weighted by Crippen LogP contribution is -2.36. The molecule has 1 unspecified atom stereocenters. The Hall–Kier alpha value is -3.73. The largest absolute Gasteiger partial charge is 0.491 e. The van der Waals surface area contributed by atoms with E-state index in [1.165, 1.54) is 30.3 Å². The third-order valence-corrected chi connectivity index (χ3v) is 4.21. The molecule has 0 spiro atoms. The number of aliphatic hydroxyl groups excluding tert-OH is 1. The monoisotopic (exact) mass is 451 g/mol. The van der Waals surface area contributed by atoms with Crippen LogP contribution in [0.2, 0.25) is 0 Å². The zero-order chi connectivity index (χ0) is 23.3. The molecular weight excluding hydrogens is 434 g/mol. The predicted octanol–water partition coefficient (Wildman–Crippen LogP) is 2.56. The van der Waals surface area contributed by atoms with Crippen LogP contribution in [0.15, 0.2) is 65.5 Å². The van der Waals surface area contributed by atoms with E-state index in [1.807, 2.05) is 0 Å². The van der Waals surface area contributed by atoms with Crippen LogP contribution in [0.25, 0.3) is 5.69 Å². The number of hydrogen-bond donors (Lipinski definition) is 2. The van der Waals surface area contributed by atoms with Gasteiger partial charge in [0.25, 0.3) is 11.5 Å². The van der Waals surface area contributed by atoms with Crippen molar-refractivity contribution in [2.24, 2.45) is 0 Å². The molecule has 168 valence electrons. The summed E-state index contributed by atoms with van der Waals surface area (Å²) in [6.07, 6.45) is -5.75. The Morgan fingerprint density at radius 3 is 2.53 bits per heavy atom. The molecule has 1 heterocycles. The molecule has 3 aromatic rings. The molecule has 0 saturated heterocycles. The molecule has 2 aromatic carbocycles. The first kappa shape index (κ1) is 22.9. The van der Waals surface area contributed by atoms with Crippen molar-refractivity contribution < 1.29 is 32.2 Å². The summed E-state index contributed by atoms with van der Waals surface area (Å²) in [5, 5.41) is 16.3. The van der Waals surface area contributed by atoms with Crippen LogP contribution in [0.5, 0.6) is 5.75 Å². The van der Waals surface area contributed by atoms with Crippen LogP contribution >= 0.6 is 0 Å². The maximum absolute atomic E-state index is 13.1. The summed E-state index contributed by atoms with van der Waals surface area (Å²) in [4.78, 5) is 24.3. The predicted molar refractivity (Wildman–Crippen MR) is 105 cm³/mol. The summed E-state index contributed by atoms with van der Waals surface area (Å²) in [6.45, 7) is -0.654. The number of alkyl halides is 3. The van der Waals surface area contributed by atoms with Crippen LogP contribution in [0.1, 0.15) is 16.1 Å². The minimum Gasteiger partial charge on any atom is -0.491 e. The fourth-order valence-corrected chi connectivity index (χ4v) is 2.61. The van der Waals surface area contributed by atoms with Crippen LogP contribution in [-0.4, -0.2) is 40.0 Å². The van der Waals surface area contributed by atoms with E-state index >= 15 is 0 Å². The highest BCUT2D eigenvalue weighted by Crippen LogP contribution is 2.31. The second-order valence-electron chi connectivity index (χ2n) is 6.65. The molecule has 0 aliphatic heterocycles. The van der Waals surface area contributed by atoms with Gasteiger partial charge in [0.2, 0.25) is 0 Å². The first-order chi connectivity index (χ1) is 15.1. The number of hydrogen-bond acceptors (Lipinski definition) is 5. The molecule has 2 N–H and O–H groups in total. The molecule has 1 aromatic heterocycles. The van der Waals surface area contributed by atoms with Gasteiger partial charge in [-0.1, -0.05) is 6.07 Å². The van der Waals surface area contributed by atoms with Crippen LogP contribution in [0.4, 0.5) is 17.6 Å². The number of ether oxygens (including phenoxy) is 1. The van der Waals surface area contributed by atoms with Crippen molar-refractivity contribution in [2.75, 3.05) is 13.2 Å². The Morgan fingerprint density at radius 2 is 1.84 bits per heavy atom. The molecule has 3 rings (SSSR count). The topological polar surface area (TPSA) is 93.5 Å². The molecule has 7 nitrogen and oxygen atoms in total. The quantitative estimate of drug-likeness (QED) is 0.539. The first-order valence-corrected chi connectivity index (χ1v) is 9.26. The summed E-state index contributed by atoms with van der Waals surface area (Å²) < 4.78 is 57.3. The van der Waals surface area contributed by atoms with Crippen molar-refractivity contribution in [3.63, 3.8) is 0 Å². The summed E-state index contributed by atoms with van der Waals surface area (Å²) >= 11 is 0. The van der Waals surface area contributed by atoms with Crippen LogP contribution < -0.4 is 15.6 Å². The van der Waals surface area contributed by atoms with Gasteiger partial charge in [-0.15, -0.1) is 0 Å². The number of benzene rings is 2. The number of nitrogens with one attached hydrogen (secondary N) is 1. The van der Waals surface area contributed by atoms with Gasteiger partial charge < -0.3 is 15.2 Å². The maximum atomic E-state index is 13.1. The molecule has 0 bridgehead atoms. The van der Waals surface area contributed by atoms with Crippen LogP contribution in [-0.2, 0) is 6.18 Å². The second kappa shape index (κ2) is 9.60. The zero-order valence-electron chi connectivity index (χ0n) is 16.3. The molecule has 1 amide bonds. The average Bonchev–Trinajstić information content (AvgIpc) is 2.76. The van der Waals surface area contributed by atoms with E-state index < -0.39 is 35.1 Å². The van der Waals surface area contributed by atoms with Crippen molar-refractivity contribution in [3.05, 3.63) is 88.1 Å². The van der Waals surface area contributed by atoms with Crippen molar-refractivity contribution in [1.82, 2.24) is 15.1 Å². The summed E-state index contributed by atoms with van der Waals surface area (Å²) in [5.41, 5.74) is -1.32. The Kier molecular flexibility index (Phi) is 6.89. The highest BCUT2D eigenvalue weighted by molar-refractivity contribution is 5.92. The summed E-state index contributed by atoms with van der Waals surface area (Å²) in [6, 6.07) is 11.4. The second-order valence-corrected chi connectivity index (χ2v) is 6.65. The molecule has 0 fully saturated rings. The van der Waals surface area contributed by atoms with Crippen LogP contribution in [0.3, 0.4) is 0 Å². The van der Waals surface area contributed by atoms with Gasteiger partial charge in [0.1, 0.15) is 30.0 Å². The number of aliphatic hydroxyl groups is 1. The third kappa shape index (κ3) is 5.91. The van der Waals surface area contributed by atoms with E-state index in [9.17, 15) is 32.3 Å². The van der Waals surface area contributed by atoms with Gasteiger partial charge in [-0.2, -0.15) is 23.0 Å². The number of rotatable bonds is 7. The SMILES string of the molecule is O=C(NCC(O)COc1cccc(C(F)(F)F)c1)c1ccc(=O)n(-c2ccc(F)cc2)n1.